The highest BCUT2D eigenvalue weighted by Gasteiger charge is 2.11. The topological polar surface area (TPSA) is 67.2 Å². The van der Waals surface area contributed by atoms with Crippen molar-refractivity contribution in [3.05, 3.63) is 12.4 Å². The summed E-state index contributed by atoms with van der Waals surface area (Å²) in [6.07, 6.45) is 3.35. The summed E-state index contributed by atoms with van der Waals surface area (Å²) >= 11 is 0. The number of aromatic nitrogens is 2. The minimum atomic E-state index is -0.891. The van der Waals surface area contributed by atoms with Gasteiger partial charge >= 0.3 is 5.97 Å². The van der Waals surface area contributed by atoms with Crippen molar-refractivity contribution in [1.82, 2.24) is 9.55 Å². The minimum Gasteiger partial charge on any atom is -0.480 e. The summed E-state index contributed by atoms with van der Waals surface area (Å²) in [4.78, 5) is 14.4. The van der Waals surface area contributed by atoms with Crippen molar-refractivity contribution in [3.63, 3.8) is 0 Å². The lowest BCUT2D eigenvalue weighted by molar-refractivity contribution is -0.137. The third-order valence-corrected chi connectivity index (χ3v) is 1.54. The molecule has 5 nitrogen and oxygen atoms in total. The predicted molar refractivity (Wildman–Crippen MR) is 43.9 cm³/mol. The zero-order valence-corrected chi connectivity index (χ0v) is 6.98. The molecular weight excluding hydrogens is 158 g/mol. The Bertz CT molecular complexity index is 282. The number of hydrogen-bond donors (Lipinski definition) is 2. The lowest BCUT2D eigenvalue weighted by Gasteiger charge is -2.09. The van der Waals surface area contributed by atoms with E-state index >= 15 is 0 Å². The first-order valence-corrected chi connectivity index (χ1v) is 3.58. The molecule has 1 heterocycles. The van der Waals surface area contributed by atoms with Crippen molar-refractivity contribution in [2.24, 2.45) is 7.05 Å². The zero-order valence-electron chi connectivity index (χ0n) is 6.98. The van der Waals surface area contributed by atoms with E-state index in [4.69, 9.17) is 5.11 Å². The van der Waals surface area contributed by atoms with E-state index < -0.39 is 12.0 Å². The molecule has 0 saturated heterocycles. The number of carbonyl (C=O) groups is 1. The maximum absolute atomic E-state index is 10.4. The Hall–Kier alpha value is -1.52. The van der Waals surface area contributed by atoms with Gasteiger partial charge in [0.15, 0.2) is 0 Å². The van der Waals surface area contributed by atoms with Crippen molar-refractivity contribution >= 4 is 11.9 Å². The second-order valence-corrected chi connectivity index (χ2v) is 2.57. The number of aliphatic carboxylic acids is 1. The van der Waals surface area contributed by atoms with Crippen LogP contribution >= 0.6 is 0 Å². The summed E-state index contributed by atoms with van der Waals surface area (Å²) in [6.45, 7) is 1.57. The van der Waals surface area contributed by atoms with Crippen molar-refractivity contribution in [3.8, 4) is 0 Å². The van der Waals surface area contributed by atoms with E-state index in [1.807, 2.05) is 0 Å². The van der Waals surface area contributed by atoms with Crippen LogP contribution in [0.5, 0.6) is 0 Å². The van der Waals surface area contributed by atoms with Gasteiger partial charge in [0, 0.05) is 19.4 Å². The molecule has 0 radical (unpaired) electrons. The first-order chi connectivity index (χ1) is 5.61. The monoisotopic (exact) mass is 169 g/mol. The van der Waals surface area contributed by atoms with Crippen LogP contribution in [0.1, 0.15) is 6.92 Å². The maximum atomic E-state index is 10.4. The first-order valence-electron chi connectivity index (χ1n) is 3.58. The normalized spacial score (nSPS) is 12.5. The van der Waals surface area contributed by atoms with E-state index in [9.17, 15) is 4.79 Å². The average Bonchev–Trinajstić information content (AvgIpc) is 2.36. The summed E-state index contributed by atoms with van der Waals surface area (Å²) < 4.78 is 1.72. The quantitative estimate of drug-likeness (QED) is 0.683. The number of anilines is 1. The third kappa shape index (κ3) is 1.75. The largest absolute Gasteiger partial charge is 0.480 e. The van der Waals surface area contributed by atoms with Crippen LogP contribution in [-0.2, 0) is 11.8 Å². The Balaban J connectivity index is 2.64. The fraction of sp³-hybridized carbons (Fsp3) is 0.429. The predicted octanol–water partition coefficient (Wildman–Crippen LogP) is 0.305. The second-order valence-electron chi connectivity index (χ2n) is 2.57. The highest BCUT2D eigenvalue weighted by Crippen LogP contribution is 2.02. The van der Waals surface area contributed by atoms with Gasteiger partial charge in [-0.1, -0.05) is 0 Å². The van der Waals surface area contributed by atoms with Gasteiger partial charge in [-0.05, 0) is 6.92 Å². The number of nitrogens with one attached hydrogen (secondary N) is 1. The molecule has 5 heteroatoms. The molecule has 0 spiro atoms. The van der Waals surface area contributed by atoms with Crippen molar-refractivity contribution in [2.45, 2.75) is 13.0 Å². The molecule has 0 fully saturated rings. The molecule has 1 aromatic heterocycles. The molecule has 0 aliphatic rings. The Kier molecular flexibility index (Phi) is 2.32. The summed E-state index contributed by atoms with van der Waals surface area (Å²) in [5.74, 6) is -0.331. The second kappa shape index (κ2) is 3.25. The van der Waals surface area contributed by atoms with Crippen LogP contribution in [0.3, 0.4) is 0 Å². The third-order valence-electron chi connectivity index (χ3n) is 1.54. The van der Waals surface area contributed by atoms with Gasteiger partial charge in [0.05, 0.1) is 0 Å². The molecule has 0 bridgehead atoms. The number of imidazole rings is 1. The number of carboxylic acids is 1. The SMILES string of the molecule is CC(Nc1nccn1C)C(=O)O. The molecule has 0 amide bonds. The van der Waals surface area contributed by atoms with E-state index in [0.717, 1.165) is 0 Å². The van der Waals surface area contributed by atoms with Gasteiger partial charge < -0.3 is 15.0 Å². The van der Waals surface area contributed by atoms with Gasteiger partial charge in [0.25, 0.3) is 0 Å². The van der Waals surface area contributed by atoms with E-state index in [1.165, 1.54) is 0 Å². The molecule has 1 atom stereocenters. The van der Waals surface area contributed by atoms with Gasteiger partial charge in [-0.15, -0.1) is 0 Å². The molecule has 1 unspecified atom stereocenters. The Morgan fingerprint density at radius 2 is 2.50 bits per heavy atom. The van der Waals surface area contributed by atoms with E-state index in [0.29, 0.717) is 5.95 Å². The fourth-order valence-corrected chi connectivity index (χ4v) is 0.760. The van der Waals surface area contributed by atoms with E-state index in [2.05, 4.69) is 10.3 Å². The van der Waals surface area contributed by atoms with E-state index in [-0.39, 0.29) is 0 Å². The van der Waals surface area contributed by atoms with Crippen LogP contribution in [0.4, 0.5) is 5.95 Å². The summed E-state index contributed by atoms with van der Waals surface area (Å²) in [7, 11) is 1.80. The number of rotatable bonds is 3. The first kappa shape index (κ1) is 8.58. The summed E-state index contributed by atoms with van der Waals surface area (Å²) in [6, 6.07) is -0.619. The molecule has 0 saturated carbocycles. The van der Waals surface area contributed by atoms with Crippen LogP contribution in [-0.4, -0.2) is 26.7 Å². The standard InChI is InChI=1S/C7H11N3O2/c1-5(6(11)12)9-7-8-3-4-10(7)2/h3-5H,1-2H3,(H,8,9)(H,11,12). The molecule has 0 aliphatic heterocycles. The van der Waals surface area contributed by atoms with Gasteiger partial charge in [-0.2, -0.15) is 0 Å². The van der Waals surface area contributed by atoms with Crippen LogP contribution in [0.25, 0.3) is 0 Å². The van der Waals surface area contributed by atoms with Crippen LogP contribution < -0.4 is 5.32 Å². The van der Waals surface area contributed by atoms with Crippen molar-refractivity contribution in [2.75, 3.05) is 5.32 Å². The average molecular weight is 169 g/mol. The summed E-state index contributed by atoms with van der Waals surface area (Å²) in [5, 5.41) is 11.3. The Morgan fingerprint density at radius 3 is 2.92 bits per heavy atom. The van der Waals surface area contributed by atoms with Gasteiger partial charge in [-0.25, -0.2) is 4.98 Å². The summed E-state index contributed by atoms with van der Waals surface area (Å²) in [5.41, 5.74) is 0. The molecule has 0 aliphatic carbocycles. The molecule has 12 heavy (non-hydrogen) atoms. The fourth-order valence-electron chi connectivity index (χ4n) is 0.760. The Morgan fingerprint density at radius 1 is 1.83 bits per heavy atom. The van der Waals surface area contributed by atoms with E-state index in [1.54, 1.807) is 30.9 Å². The van der Waals surface area contributed by atoms with Crippen LogP contribution in [0.2, 0.25) is 0 Å². The maximum Gasteiger partial charge on any atom is 0.325 e. The lowest BCUT2D eigenvalue weighted by atomic mass is 10.3. The van der Waals surface area contributed by atoms with Crippen LogP contribution in [0, 0.1) is 0 Å². The van der Waals surface area contributed by atoms with Gasteiger partial charge in [0.2, 0.25) is 5.95 Å². The number of aryl methyl sites for hydroxylation is 1. The van der Waals surface area contributed by atoms with Gasteiger partial charge in [-0.3, -0.25) is 4.79 Å². The van der Waals surface area contributed by atoms with Crippen molar-refractivity contribution < 1.29 is 9.90 Å². The number of carboxylic acid groups (broad SMARTS) is 1. The molecule has 0 aromatic carbocycles. The zero-order chi connectivity index (χ0) is 9.14. The highest BCUT2D eigenvalue weighted by atomic mass is 16.4. The minimum absolute atomic E-state index is 0.560. The molecule has 1 rings (SSSR count). The molecule has 1 aromatic rings. The van der Waals surface area contributed by atoms with Gasteiger partial charge in [0.1, 0.15) is 6.04 Å². The lowest BCUT2D eigenvalue weighted by Crippen LogP contribution is -2.26. The van der Waals surface area contributed by atoms with Crippen LogP contribution in [0.15, 0.2) is 12.4 Å². The molecule has 66 valence electrons. The molecule has 2 N–H and O–H groups in total. The number of hydrogen-bond acceptors (Lipinski definition) is 3. The number of nitrogens with zero attached hydrogens (tertiary/aromatic N) is 2. The van der Waals surface area contributed by atoms with Crippen molar-refractivity contribution in [1.29, 1.82) is 0 Å². The highest BCUT2D eigenvalue weighted by molar-refractivity contribution is 5.75. The molecular formula is C7H11N3O2. The smallest absolute Gasteiger partial charge is 0.325 e. The Labute approximate surface area is 70.0 Å².